The van der Waals surface area contributed by atoms with Crippen LogP contribution in [0.4, 0.5) is 10.6 Å². The van der Waals surface area contributed by atoms with Gasteiger partial charge in [-0.05, 0) is 71.9 Å². The number of aromatic nitrogens is 1. The fourth-order valence-electron chi connectivity index (χ4n) is 7.22. The van der Waals surface area contributed by atoms with Crippen LogP contribution < -0.4 is 10.6 Å². The summed E-state index contributed by atoms with van der Waals surface area (Å²) in [7, 11) is 1.25. The van der Waals surface area contributed by atoms with Gasteiger partial charge in [-0.25, -0.2) is 4.79 Å². The molecule has 6 rings (SSSR count). The topological polar surface area (TPSA) is 146 Å². The Morgan fingerprint density at radius 3 is 2.25 bits per heavy atom. The fraction of sp³-hybridized carbons (Fsp3) is 0.487. The number of carbonyl (C=O) groups is 4. The van der Waals surface area contributed by atoms with Gasteiger partial charge in [0.2, 0.25) is 17.7 Å². The molecule has 0 spiro atoms. The number of nitrogens with zero attached hydrogens (tertiary/aromatic N) is 4. The van der Waals surface area contributed by atoms with Crippen LogP contribution in [0.2, 0.25) is 0 Å². The molecule has 12 heteroatoms. The first-order valence-corrected chi connectivity index (χ1v) is 18.0. The third-order valence-electron chi connectivity index (χ3n) is 10.6. The Hall–Kier alpha value is -5.00. The Balaban J connectivity index is 1.12. The number of alkyl carbamates (subject to hydrolysis) is 1. The van der Waals surface area contributed by atoms with E-state index >= 15 is 0 Å². The van der Waals surface area contributed by atoms with Crippen LogP contribution in [0.25, 0.3) is 27.7 Å². The molecule has 3 aromatic rings. The zero-order valence-corrected chi connectivity index (χ0v) is 30.3. The van der Waals surface area contributed by atoms with Crippen molar-refractivity contribution in [3.63, 3.8) is 0 Å². The van der Waals surface area contributed by atoms with E-state index in [0.717, 1.165) is 53.8 Å². The Kier molecular flexibility index (Phi) is 10.6. The van der Waals surface area contributed by atoms with E-state index in [9.17, 15) is 19.2 Å². The number of carbonyl (C=O) groups excluding carboxylic acids is 4. The van der Waals surface area contributed by atoms with Crippen LogP contribution in [-0.4, -0.2) is 82.8 Å². The summed E-state index contributed by atoms with van der Waals surface area (Å²) in [6, 6.07) is 12.5. The van der Waals surface area contributed by atoms with Crippen molar-refractivity contribution < 1.29 is 28.4 Å². The number of benzene rings is 2. The van der Waals surface area contributed by atoms with Crippen LogP contribution in [0.3, 0.4) is 0 Å². The normalized spacial score (nSPS) is 20.1. The maximum atomic E-state index is 13.5. The van der Waals surface area contributed by atoms with Gasteiger partial charge in [0.25, 0.3) is 0 Å². The number of amides is 4. The Morgan fingerprint density at radius 2 is 1.55 bits per heavy atom. The maximum Gasteiger partial charge on any atom is 0.407 e. The molecule has 270 valence electrons. The summed E-state index contributed by atoms with van der Waals surface area (Å²) in [5.74, 6) is -0.0961. The van der Waals surface area contributed by atoms with E-state index in [4.69, 9.17) is 14.3 Å². The first-order valence-electron chi connectivity index (χ1n) is 18.0. The molecular formula is C39H48N6O6. The van der Waals surface area contributed by atoms with Crippen molar-refractivity contribution in [2.45, 2.75) is 84.8 Å². The molecule has 0 unspecified atom stereocenters. The zero-order chi connectivity index (χ0) is 36.4. The summed E-state index contributed by atoms with van der Waals surface area (Å²) in [4.78, 5) is 60.4. The van der Waals surface area contributed by atoms with E-state index in [-0.39, 0.29) is 41.4 Å². The molecule has 12 nitrogen and oxygen atoms in total. The third-order valence-corrected chi connectivity index (χ3v) is 10.6. The lowest BCUT2D eigenvalue weighted by molar-refractivity contribution is -0.139. The van der Waals surface area contributed by atoms with Crippen LogP contribution in [0, 0.1) is 17.8 Å². The Bertz CT molecular complexity index is 1860. The standard InChI is InChI=1S/C39H48N6O6/c1-22(2)24(5)37(47)44-17-7-9-31(44)30-20-28(21-40-30)26-13-11-25(12-14-26)27-15-16-33-29(19-27)35(43-51-33)42-36(46)32-10-8-18-45(32)38(48)34(23(3)4)41-39(49)50-6/h11-16,19,21-24,31-32,34H,7-10,17-18,20H2,1-6H3,(H,41,49)(H,42,43,46)/t24-,31+,32+,34-/m1/s1. The van der Waals surface area contributed by atoms with Gasteiger partial charge < -0.3 is 29.7 Å². The highest BCUT2D eigenvalue weighted by atomic mass is 16.5. The second-order valence-corrected chi connectivity index (χ2v) is 14.5. The Labute approximate surface area is 298 Å². The van der Waals surface area contributed by atoms with Gasteiger partial charge in [-0.3, -0.25) is 19.4 Å². The molecule has 3 aliphatic heterocycles. The smallest absolute Gasteiger partial charge is 0.407 e. The zero-order valence-electron chi connectivity index (χ0n) is 30.3. The number of methoxy groups -OCH3 is 1. The van der Waals surface area contributed by atoms with Gasteiger partial charge in [-0.2, -0.15) is 0 Å². The minimum Gasteiger partial charge on any atom is -0.453 e. The largest absolute Gasteiger partial charge is 0.453 e. The number of rotatable bonds is 10. The molecule has 51 heavy (non-hydrogen) atoms. The van der Waals surface area contributed by atoms with Crippen LogP contribution in [0.5, 0.6) is 0 Å². The van der Waals surface area contributed by atoms with E-state index in [2.05, 4.69) is 53.9 Å². The number of allylic oxidation sites excluding steroid dienone is 1. The van der Waals surface area contributed by atoms with E-state index < -0.39 is 18.2 Å². The highest BCUT2D eigenvalue weighted by Crippen LogP contribution is 2.34. The number of hydrogen-bond donors (Lipinski definition) is 2. The van der Waals surface area contributed by atoms with E-state index in [1.165, 1.54) is 12.0 Å². The quantitative estimate of drug-likeness (QED) is 0.254. The average molecular weight is 697 g/mol. The van der Waals surface area contributed by atoms with Crippen LogP contribution in [0.15, 0.2) is 58.2 Å². The molecule has 4 heterocycles. The van der Waals surface area contributed by atoms with Crippen molar-refractivity contribution in [2.24, 2.45) is 22.7 Å². The van der Waals surface area contributed by atoms with Gasteiger partial charge in [0.05, 0.1) is 18.5 Å². The van der Waals surface area contributed by atoms with Crippen LogP contribution >= 0.6 is 0 Å². The van der Waals surface area contributed by atoms with Gasteiger partial charge >= 0.3 is 6.09 Å². The minimum atomic E-state index is -0.820. The molecule has 2 fully saturated rings. The number of anilines is 1. The second kappa shape index (κ2) is 15.1. The number of hydrogen-bond acceptors (Lipinski definition) is 8. The van der Waals surface area contributed by atoms with E-state index in [1.807, 2.05) is 50.1 Å². The summed E-state index contributed by atoms with van der Waals surface area (Å²) in [5, 5.41) is 10.3. The summed E-state index contributed by atoms with van der Waals surface area (Å²) >= 11 is 0. The molecule has 0 bridgehead atoms. The fourth-order valence-corrected chi connectivity index (χ4v) is 7.22. The van der Waals surface area contributed by atoms with Gasteiger partial charge in [0, 0.05) is 37.3 Å². The second-order valence-electron chi connectivity index (χ2n) is 14.5. The average Bonchev–Trinajstić information content (AvgIpc) is 3.96. The third kappa shape index (κ3) is 7.41. The minimum absolute atomic E-state index is 0.00819. The van der Waals surface area contributed by atoms with Gasteiger partial charge in [-0.1, -0.05) is 70.1 Å². The lowest BCUT2D eigenvalue weighted by atomic mass is 9.94. The molecule has 3 aliphatic rings. The SMILES string of the molecule is COC(=O)N[C@@H](C(=O)N1CCC[C@H]1C(=O)Nc1noc2ccc(-c3ccc(C4=CN=C([C@@H]5CCCN5C(=O)[C@H](C)C(C)C)C4)cc3)cc12)C(C)C. The van der Waals surface area contributed by atoms with E-state index in [1.54, 1.807) is 0 Å². The first kappa shape index (κ1) is 35.8. The molecule has 4 amide bonds. The number of fused-ring (bicyclic) bond motifs is 1. The molecule has 4 atom stereocenters. The van der Waals surface area contributed by atoms with Crippen molar-refractivity contribution in [1.82, 2.24) is 20.3 Å². The van der Waals surface area contributed by atoms with Crippen LogP contribution in [0.1, 0.15) is 72.3 Å². The summed E-state index contributed by atoms with van der Waals surface area (Å²) in [5.41, 5.74) is 5.71. The van der Waals surface area contributed by atoms with Crippen LogP contribution in [-0.2, 0) is 19.1 Å². The number of likely N-dealkylation sites (tertiary alicyclic amines) is 2. The summed E-state index contributed by atoms with van der Waals surface area (Å²) in [6.45, 7) is 11.1. The number of aliphatic imine (C=N–C) groups is 1. The monoisotopic (exact) mass is 696 g/mol. The summed E-state index contributed by atoms with van der Waals surface area (Å²) in [6.07, 6.45) is 5.07. The molecule has 0 saturated carbocycles. The van der Waals surface area contributed by atoms with Crippen molar-refractivity contribution in [2.75, 3.05) is 25.5 Å². The molecule has 2 aromatic carbocycles. The molecule has 2 saturated heterocycles. The maximum absolute atomic E-state index is 13.5. The molecule has 0 radical (unpaired) electrons. The number of nitrogens with one attached hydrogen (secondary N) is 2. The highest BCUT2D eigenvalue weighted by molar-refractivity contribution is 6.05. The number of ether oxygens (including phenoxy) is 1. The predicted octanol–water partition coefficient (Wildman–Crippen LogP) is 6.27. The van der Waals surface area contributed by atoms with Crippen molar-refractivity contribution in [3.8, 4) is 11.1 Å². The van der Waals surface area contributed by atoms with Gasteiger partial charge in [0.15, 0.2) is 11.4 Å². The van der Waals surface area contributed by atoms with Gasteiger partial charge in [-0.15, -0.1) is 0 Å². The van der Waals surface area contributed by atoms with Crippen molar-refractivity contribution in [3.05, 3.63) is 54.2 Å². The molecular weight excluding hydrogens is 648 g/mol. The first-order chi connectivity index (χ1) is 24.5. The lowest BCUT2D eigenvalue weighted by Crippen LogP contribution is -2.54. The Morgan fingerprint density at radius 1 is 0.863 bits per heavy atom. The highest BCUT2D eigenvalue weighted by Gasteiger charge is 2.39. The molecule has 2 N–H and O–H groups in total. The van der Waals surface area contributed by atoms with Gasteiger partial charge in [0.1, 0.15) is 12.1 Å². The lowest BCUT2D eigenvalue weighted by Gasteiger charge is -2.30. The van der Waals surface area contributed by atoms with E-state index in [0.29, 0.717) is 36.3 Å². The van der Waals surface area contributed by atoms with Crippen molar-refractivity contribution >= 4 is 51.9 Å². The molecule has 1 aromatic heterocycles. The predicted molar refractivity (Wildman–Crippen MR) is 196 cm³/mol. The molecule has 0 aliphatic carbocycles. The van der Waals surface area contributed by atoms with Crippen molar-refractivity contribution in [1.29, 1.82) is 0 Å². The summed E-state index contributed by atoms with van der Waals surface area (Å²) < 4.78 is 10.2.